The molecule has 0 radical (unpaired) electrons. The summed E-state index contributed by atoms with van der Waals surface area (Å²) < 4.78 is 5.61. The number of nitrogens with one attached hydrogen (secondary N) is 2. The molecule has 0 bridgehead atoms. The van der Waals surface area contributed by atoms with Crippen LogP contribution in [0.5, 0.6) is 5.75 Å². The number of anilines is 1. The molecule has 3 aromatic rings. The summed E-state index contributed by atoms with van der Waals surface area (Å²) in [5.41, 5.74) is 5.96. The van der Waals surface area contributed by atoms with Crippen LogP contribution in [0.25, 0.3) is 10.8 Å². The summed E-state index contributed by atoms with van der Waals surface area (Å²) in [5, 5.41) is 8.84. The summed E-state index contributed by atoms with van der Waals surface area (Å²) in [4.78, 5) is 24.4. The van der Waals surface area contributed by atoms with E-state index in [2.05, 4.69) is 21.8 Å². The van der Waals surface area contributed by atoms with Crippen molar-refractivity contribution in [3.8, 4) is 18.1 Å². The number of fused-ring (bicyclic) bond motifs is 1. The Morgan fingerprint density at radius 1 is 1.06 bits per heavy atom. The van der Waals surface area contributed by atoms with Gasteiger partial charge < -0.3 is 10.1 Å². The highest BCUT2D eigenvalue weighted by atomic mass is 16.5. The van der Waals surface area contributed by atoms with Crippen molar-refractivity contribution in [2.45, 2.75) is 26.7 Å². The zero-order valence-electron chi connectivity index (χ0n) is 18.1. The average Bonchev–Trinajstić information content (AvgIpc) is 2.79. The van der Waals surface area contributed by atoms with Crippen LogP contribution in [0.3, 0.4) is 0 Å². The van der Waals surface area contributed by atoms with E-state index in [1.807, 2.05) is 68.4 Å². The molecule has 0 aromatic heterocycles. The minimum Gasteiger partial charge on any atom is -0.480 e. The van der Waals surface area contributed by atoms with Gasteiger partial charge in [-0.15, -0.1) is 6.42 Å². The van der Waals surface area contributed by atoms with Gasteiger partial charge in [-0.2, -0.15) is 5.10 Å². The second-order valence-electron chi connectivity index (χ2n) is 7.35. The number of nitrogens with zero attached hydrogens (tertiary/aromatic N) is 1. The van der Waals surface area contributed by atoms with E-state index in [1.165, 1.54) is 6.21 Å². The van der Waals surface area contributed by atoms with E-state index < -0.39 is 0 Å². The lowest BCUT2D eigenvalue weighted by Crippen LogP contribution is -2.21. The molecule has 0 heterocycles. The first-order valence-electron chi connectivity index (χ1n) is 10.2. The predicted molar refractivity (Wildman–Crippen MR) is 128 cm³/mol. The zero-order chi connectivity index (χ0) is 22.9. The molecule has 32 heavy (non-hydrogen) atoms. The summed E-state index contributed by atoms with van der Waals surface area (Å²) in [6, 6.07) is 17.4. The van der Waals surface area contributed by atoms with Crippen molar-refractivity contribution in [3.63, 3.8) is 0 Å². The van der Waals surface area contributed by atoms with Gasteiger partial charge >= 0.3 is 0 Å². The van der Waals surface area contributed by atoms with Crippen molar-refractivity contribution in [2.24, 2.45) is 5.10 Å². The molecule has 2 amide bonds. The standard InChI is InChI=1S/C26H25N3O3/c1-4-15-32-24-12-11-20-7-5-6-8-21(20)22(24)17-27-29-26(31)14-13-25(30)28-23-16-18(2)9-10-19(23)3/h1,5-12,16-17H,13-15H2,2-3H3,(H,28,30)(H,29,31). The SMILES string of the molecule is C#CCOc1ccc2ccccc2c1C=NNC(=O)CCC(=O)Nc1cc(C)ccc1C. The largest absolute Gasteiger partial charge is 0.480 e. The van der Waals surface area contributed by atoms with Crippen LogP contribution < -0.4 is 15.5 Å². The smallest absolute Gasteiger partial charge is 0.240 e. The lowest BCUT2D eigenvalue weighted by atomic mass is 10.0. The molecular formula is C26H25N3O3. The van der Waals surface area contributed by atoms with Crippen molar-refractivity contribution in [1.29, 1.82) is 0 Å². The highest BCUT2D eigenvalue weighted by Crippen LogP contribution is 2.26. The van der Waals surface area contributed by atoms with E-state index in [1.54, 1.807) is 0 Å². The number of hydrogen-bond donors (Lipinski definition) is 2. The number of aryl methyl sites for hydroxylation is 2. The molecule has 6 nitrogen and oxygen atoms in total. The molecular weight excluding hydrogens is 402 g/mol. The molecule has 0 spiro atoms. The quantitative estimate of drug-likeness (QED) is 0.319. The van der Waals surface area contributed by atoms with Crippen molar-refractivity contribution < 1.29 is 14.3 Å². The normalized spacial score (nSPS) is 10.7. The second-order valence-corrected chi connectivity index (χ2v) is 7.35. The maximum Gasteiger partial charge on any atom is 0.240 e. The van der Waals surface area contributed by atoms with Crippen molar-refractivity contribution >= 4 is 34.5 Å². The van der Waals surface area contributed by atoms with Gasteiger partial charge in [0.25, 0.3) is 0 Å². The highest BCUT2D eigenvalue weighted by molar-refractivity contribution is 6.02. The number of amides is 2. The van der Waals surface area contributed by atoms with Crippen LogP contribution >= 0.6 is 0 Å². The second kappa shape index (κ2) is 10.8. The van der Waals surface area contributed by atoms with Crippen LogP contribution in [0.4, 0.5) is 5.69 Å². The van der Waals surface area contributed by atoms with E-state index in [0.29, 0.717) is 11.3 Å². The average molecular weight is 428 g/mol. The monoisotopic (exact) mass is 427 g/mol. The molecule has 0 fully saturated rings. The summed E-state index contributed by atoms with van der Waals surface area (Å²) in [7, 11) is 0. The Kier molecular flexibility index (Phi) is 7.60. The Hall–Kier alpha value is -4.11. The Morgan fingerprint density at radius 3 is 2.66 bits per heavy atom. The van der Waals surface area contributed by atoms with Crippen LogP contribution in [0.1, 0.15) is 29.5 Å². The molecule has 0 aliphatic heterocycles. The Balaban J connectivity index is 1.60. The molecule has 162 valence electrons. The molecule has 3 rings (SSSR count). The number of terminal acetylenes is 1. The van der Waals surface area contributed by atoms with E-state index in [-0.39, 0.29) is 31.3 Å². The number of ether oxygens (including phenoxy) is 1. The fourth-order valence-electron chi connectivity index (χ4n) is 3.19. The van der Waals surface area contributed by atoms with E-state index >= 15 is 0 Å². The molecule has 0 saturated heterocycles. The minimum atomic E-state index is -0.358. The number of rotatable bonds is 8. The fraction of sp³-hybridized carbons (Fsp3) is 0.192. The summed E-state index contributed by atoms with van der Waals surface area (Å²) in [6.07, 6.45) is 6.91. The Morgan fingerprint density at radius 2 is 1.84 bits per heavy atom. The molecule has 6 heteroatoms. The minimum absolute atomic E-state index is 0.0179. The van der Waals surface area contributed by atoms with E-state index in [9.17, 15) is 9.59 Å². The first-order chi connectivity index (χ1) is 15.5. The van der Waals surface area contributed by atoms with Gasteiger partial charge in [-0.3, -0.25) is 9.59 Å². The number of hydrazone groups is 1. The van der Waals surface area contributed by atoms with Gasteiger partial charge in [0.2, 0.25) is 11.8 Å². The number of benzene rings is 3. The van der Waals surface area contributed by atoms with Crippen LogP contribution in [0.2, 0.25) is 0 Å². The van der Waals surface area contributed by atoms with Gasteiger partial charge in [0.05, 0.1) is 6.21 Å². The zero-order valence-corrected chi connectivity index (χ0v) is 18.1. The topological polar surface area (TPSA) is 79.8 Å². The molecule has 0 atom stereocenters. The highest BCUT2D eigenvalue weighted by Gasteiger charge is 2.10. The summed E-state index contributed by atoms with van der Waals surface area (Å²) >= 11 is 0. The molecule has 0 aliphatic rings. The third kappa shape index (κ3) is 5.96. The van der Waals surface area contributed by atoms with Gasteiger partial charge in [0, 0.05) is 24.1 Å². The summed E-state index contributed by atoms with van der Waals surface area (Å²) in [6.45, 7) is 4.01. The Labute approximate surface area is 187 Å². The third-order valence-electron chi connectivity index (χ3n) is 4.87. The number of carbonyl (C=O) groups excluding carboxylic acids is 2. The van der Waals surface area contributed by atoms with Gasteiger partial charge in [-0.25, -0.2) is 5.43 Å². The molecule has 0 saturated carbocycles. The number of hydrogen-bond acceptors (Lipinski definition) is 4. The van der Waals surface area contributed by atoms with Crippen LogP contribution in [0.15, 0.2) is 59.7 Å². The van der Waals surface area contributed by atoms with Crippen LogP contribution in [-0.4, -0.2) is 24.6 Å². The van der Waals surface area contributed by atoms with Crippen LogP contribution in [-0.2, 0) is 9.59 Å². The summed E-state index contributed by atoms with van der Waals surface area (Å²) in [5.74, 6) is 2.44. The van der Waals surface area contributed by atoms with Crippen molar-refractivity contribution in [2.75, 3.05) is 11.9 Å². The molecule has 3 aromatic carbocycles. The first kappa shape index (κ1) is 22.6. The van der Waals surface area contributed by atoms with Gasteiger partial charge in [-0.05, 0) is 47.9 Å². The van der Waals surface area contributed by atoms with Crippen LogP contribution in [0, 0.1) is 26.2 Å². The maximum absolute atomic E-state index is 12.2. The Bertz CT molecular complexity index is 1210. The van der Waals surface area contributed by atoms with Crippen molar-refractivity contribution in [3.05, 3.63) is 71.3 Å². The third-order valence-corrected chi connectivity index (χ3v) is 4.87. The lowest BCUT2D eigenvalue weighted by molar-refractivity contribution is -0.124. The molecule has 0 aliphatic carbocycles. The fourth-order valence-corrected chi connectivity index (χ4v) is 3.19. The van der Waals surface area contributed by atoms with Gasteiger partial charge in [-0.1, -0.05) is 48.4 Å². The molecule has 0 unspecified atom stereocenters. The van der Waals surface area contributed by atoms with Crippen molar-refractivity contribution in [1.82, 2.24) is 5.43 Å². The van der Waals surface area contributed by atoms with E-state index in [4.69, 9.17) is 11.2 Å². The first-order valence-corrected chi connectivity index (χ1v) is 10.2. The number of carbonyl (C=O) groups is 2. The van der Waals surface area contributed by atoms with Gasteiger partial charge in [0.1, 0.15) is 12.4 Å². The lowest BCUT2D eigenvalue weighted by Gasteiger charge is -2.10. The van der Waals surface area contributed by atoms with E-state index in [0.717, 1.165) is 27.6 Å². The molecule has 2 N–H and O–H groups in total. The van der Waals surface area contributed by atoms with Gasteiger partial charge in [0.15, 0.2) is 0 Å². The maximum atomic E-state index is 12.2. The predicted octanol–water partition coefficient (Wildman–Crippen LogP) is 4.34.